The molecule has 7 nitrogen and oxygen atoms in total. The lowest BCUT2D eigenvalue weighted by molar-refractivity contribution is -0.385. The van der Waals surface area contributed by atoms with Crippen LogP contribution in [0.2, 0.25) is 0 Å². The Bertz CT molecular complexity index is 757. The van der Waals surface area contributed by atoms with Gasteiger partial charge in [-0.1, -0.05) is 42.2 Å². The maximum absolute atomic E-state index is 12.0. The average molecular weight is 350 g/mol. The number of para-hydroxylation sites is 1. The highest BCUT2D eigenvalue weighted by Gasteiger charge is 2.32. The quantitative estimate of drug-likeness (QED) is 0.377. The van der Waals surface area contributed by atoms with Crippen LogP contribution in [0, 0.1) is 10.1 Å². The van der Waals surface area contributed by atoms with Crippen molar-refractivity contribution in [3.8, 4) is 0 Å². The second-order valence-electron chi connectivity index (χ2n) is 4.36. The van der Waals surface area contributed by atoms with Gasteiger partial charge in [0.1, 0.15) is 10.9 Å². The largest absolute Gasteiger partial charge is 0.480 e. The predicted molar refractivity (Wildman–Crippen MR) is 89.8 cm³/mol. The summed E-state index contributed by atoms with van der Waals surface area (Å²) in [4.78, 5) is 34.4. The Hall–Kier alpha value is -2.52. The number of allylic oxidation sites excluding steroid dienone is 2. The molecule has 2 rings (SSSR count). The number of thioether (sulfide) groups is 1. The molecule has 0 atom stereocenters. The van der Waals surface area contributed by atoms with Gasteiger partial charge in [-0.3, -0.25) is 24.6 Å². The molecule has 1 aromatic rings. The number of carboxylic acid groups (broad SMARTS) is 1. The summed E-state index contributed by atoms with van der Waals surface area (Å²) in [6.07, 6.45) is 4.45. The van der Waals surface area contributed by atoms with Gasteiger partial charge in [0, 0.05) is 6.07 Å². The fourth-order valence-electron chi connectivity index (χ4n) is 1.82. The predicted octanol–water partition coefficient (Wildman–Crippen LogP) is 2.44. The summed E-state index contributed by atoms with van der Waals surface area (Å²) in [7, 11) is 0. The molecule has 0 unspecified atom stereocenters. The van der Waals surface area contributed by atoms with E-state index < -0.39 is 23.3 Å². The van der Waals surface area contributed by atoms with Crippen molar-refractivity contribution in [2.45, 2.75) is 0 Å². The van der Waals surface area contributed by atoms with Crippen molar-refractivity contribution in [3.05, 3.63) is 57.0 Å². The Labute approximate surface area is 140 Å². The van der Waals surface area contributed by atoms with E-state index >= 15 is 0 Å². The molecule has 23 heavy (non-hydrogen) atoms. The lowest BCUT2D eigenvalue weighted by atomic mass is 10.1. The Morgan fingerprint density at radius 3 is 2.78 bits per heavy atom. The molecule has 118 valence electrons. The summed E-state index contributed by atoms with van der Waals surface area (Å²) in [5.74, 6) is -1.65. The van der Waals surface area contributed by atoms with Gasteiger partial charge in [-0.25, -0.2) is 0 Å². The van der Waals surface area contributed by atoms with E-state index in [0.717, 1.165) is 16.7 Å². The molecule has 0 spiro atoms. The van der Waals surface area contributed by atoms with Crippen molar-refractivity contribution in [2.75, 3.05) is 6.54 Å². The third kappa shape index (κ3) is 4.02. The van der Waals surface area contributed by atoms with Crippen molar-refractivity contribution < 1.29 is 19.6 Å². The summed E-state index contributed by atoms with van der Waals surface area (Å²) in [5.41, 5.74) is 0.352. The number of nitro benzene ring substituents is 1. The number of nitro groups is 1. The lowest BCUT2D eigenvalue weighted by Gasteiger charge is -2.09. The number of aliphatic carboxylic acids is 1. The monoisotopic (exact) mass is 350 g/mol. The number of carboxylic acids is 1. The number of rotatable bonds is 5. The molecular weight excluding hydrogens is 340 g/mol. The van der Waals surface area contributed by atoms with Crippen LogP contribution in [0.5, 0.6) is 0 Å². The van der Waals surface area contributed by atoms with Crippen molar-refractivity contribution >= 4 is 51.9 Å². The SMILES string of the molecule is O=C(O)CN1C(=O)/C(=C\C=C\c2ccccc2[N+](=O)[O-])SC1=S. The zero-order chi connectivity index (χ0) is 17.0. The first-order valence-electron chi connectivity index (χ1n) is 6.27. The minimum Gasteiger partial charge on any atom is -0.480 e. The van der Waals surface area contributed by atoms with Gasteiger partial charge in [-0.05, 0) is 18.2 Å². The van der Waals surface area contributed by atoms with Crippen molar-refractivity contribution in [1.29, 1.82) is 0 Å². The Balaban J connectivity index is 2.18. The van der Waals surface area contributed by atoms with Crippen LogP contribution in [0.15, 0.2) is 41.3 Å². The van der Waals surface area contributed by atoms with E-state index in [1.54, 1.807) is 18.2 Å². The standard InChI is InChI=1S/C14H10N2O5S2/c17-12(18)8-15-13(19)11(23-14(15)22)7-3-5-9-4-1-2-6-10(9)16(20)21/h1-7H,8H2,(H,17,18)/b5-3+,11-7+. The van der Waals surface area contributed by atoms with Gasteiger partial charge >= 0.3 is 5.97 Å². The topological polar surface area (TPSA) is 101 Å². The van der Waals surface area contributed by atoms with Crippen LogP contribution in [0.3, 0.4) is 0 Å². The normalized spacial score (nSPS) is 16.5. The molecule has 1 N–H and O–H groups in total. The number of benzene rings is 1. The van der Waals surface area contributed by atoms with Crippen LogP contribution in [0.25, 0.3) is 6.08 Å². The molecule has 0 aliphatic carbocycles. The molecule has 0 radical (unpaired) electrons. The minimum absolute atomic E-state index is 0.0458. The molecular formula is C14H10N2O5S2. The summed E-state index contributed by atoms with van der Waals surface area (Å²) in [6, 6.07) is 6.19. The molecule has 0 aromatic heterocycles. The van der Waals surface area contributed by atoms with Crippen LogP contribution in [0.1, 0.15) is 5.56 Å². The first-order chi connectivity index (χ1) is 10.9. The molecule has 1 aliphatic heterocycles. The maximum Gasteiger partial charge on any atom is 0.323 e. The fraction of sp³-hybridized carbons (Fsp3) is 0.0714. The van der Waals surface area contributed by atoms with E-state index in [1.807, 2.05) is 0 Å². The highest BCUT2D eigenvalue weighted by molar-refractivity contribution is 8.26. The molecule has 1 amide bonds. The first kappa shape index (κ1) is 16.8. The zero-order valence-corrected chi connectivity index (χ0v) is 13.2. The third-order valence-corrected chi connectivity index (χ3v) is 4.22. The number of carbonyl (C=O) groups excluding carboxylic acids is 1. The van der Waals surface area contributed by atoms with Crippen LogP contribution in [0.4, 0.5) is 5.69 Å². The number of amides is 1. The van der Waals surface area contributed by atoms with Gasteiger partial charge in [-0.2, -0.15) is 0 Å². The summed E-state index contributed by atoms with van der Waals surface area (Å²) in [6.45, 7) is -0.490. The average Bonchev–Trinajstić information content (AvgIpc) is 2.75. The van der Waals surface area contributed by atoms with Gasteiger partial charge in [0.15, 0.2) is 0 Å². The van der Waals surface area contributed by atoms with Gasteiger partial charge in [0.05, 0.1) is 15.4 Å². The highest BCUT2D eigenvalue weighted by Crippen LogP contribution is 2.30. The van der Waals surface area contributed by atoms with Crippen LogP contribution >= 0.6 is 24.0 Å². The molecule has 1 fully saturated rings. The van der Waals surface area contributed by atoms with Crippen molar-refractivity contribution in [1.82, 2.24) is 4.90 Å². The van der Waals surface area contributed by atoms with Crippen molar-refractivity contribution in [3.63, 3.8) is 0 Å². The van der Waals surface area contributed by atoms with E-state index in [9.17, 15) is 19.7 Å². The van der Waals surface area contributed by atoms with E-state index in [1.165, 1.54) is 24.3 Å². The summed E-state index contributed by atoms with van der Waals surface area (Å²) < 4.78 is 0.169. The second-order valence-corrected chi connectivity index (χ2v) is 6.03. The number of hydrogen-bond acceptors (Lipinski definition) is 6. The number of hydrogen-bond donors (Lipinski definition) is 1. The number of carbonyl (C=O) groups is 2. The highest BCUT2D eigenvalue weighted by atomic mass is 32.2. The Morgan fingerprint density at radius 1 is 1.43 bits per heavy atom. The third-order valence-electron chi connectivity index (χ3n) is 2.82. The van der Waals surface area contributed by atoms with Gasteiger partial charge in [-0.15, -0.1) is 0 Å². The second kappa shape index (κ2) is 7.16. The Kier molecular flexibility index (Phi) is 5.24. The first-order valence-corrected chi connectivity index (χ1v) is 7.50. The van der Waals surface area contributed by atoms with Crippen LogP contribution in [-0.2, 0) is 9.59 Å². The minimum atomic E-state index is -1.15. The summed E-state index contributed by atoms with van der Waals surface area (Å²) in [5, 5.41) is 19.6. The molecule has 1 aliphatic rings. The molecule has 0 saturated carbocycles. The molecule has 1 aromatic carbocycles. The van der Waals surface area contributed by atoms with Crippen LogP contribution in [-0.4, -0.2) is 37.7 Å². The van der Waals surface area contributed by atoms with E-state index in [4.69, 9.17) is 17.3 Å². The zero-order valence-electron chi connectivity index (χ0n) is 11.5. The molecule has 0 bridgehead atoms. The molecule has 9 heteroatoms. The smallest absolute Gasteiger partial charge is 0.323 e. The molecule has 1 saturated heterocycles. The van der Waals surface area contributed by atoms with Gasteiger partial charge in [0.2, 0.25) is 0 Å². The van der Waals surface area contributed by atoms with E-state index in [0.29, 0.717) is 5.56 Å². The lowest BCUT2D eigenvalue weighted by Crippen LogP contribution is -2.33. The maximum atomic E-state index is 12.0. The number of thiocarbonyl (C=S) groups is 1. The van der Waals surface area contributed by atoms with E-state index in [-0.39, 0.29) is 14.9 Å². The summed E-state index contributed by atoms with van der Waals surface area (Å²) >= 11 is 5.95. The van der Waals surface area contributed by atoms with E-state index in [2.05, 4.69) is 0 Å². The Morgan fingerprint density at radius 2 is 2.13 bits per heavy atom. The van der Waals surface area contributed by atoms with Crippen LogP contribution < -0.4 is 0 Å². The van der Waals surface area contributed by atoms with Gasteiger partial charge < -0.3 is 5.11 Å². The number of nitrogens with zero attached hydrogens (tertiary/aromatic N) is 2. The van der Waals surface area contributed by atoms with Gasteiger partial charge in [0.25, 0.3) is 11.6 Å². The fourth-order valence-corrected chi connectivity index (χ4v) is 3.03. The molecule has 1 heterocycles. The van der Waals surface area contributed by atoms with Crippen molar-refractivity contribution in [2.24, 2.45) is 0 Å².